The highest BCUT2D eigenvalue weighted by molar-refractivity contribution is 7.09. The van der Waals surface area contributed by atoms with Gasteiger partial charge in [0.25, 0.3) is 11.8 Å². The third kappa shape index (κ3) is 4.30. The van der Waals surface area contributed by atoms with Gasteiger partial charge >= 0.3 is 0 Å². The monoisotopic (exact) mass is 447 g/mol. The third-order valence-corrected chi connectivity index (χ3v) is 6.80. The van der Waals surface area contributed by atoms with Crippen LogP contribution in [0.1, 0.15) is 50.3 Å². The fourth-order valence-electron chi connectivity index (χ4n) is 3.93. The van der Waals surface area contributed by atoms with Crippen LogP contribution in [0.5, 0.6) is 0 Å². The second-order valence-electron chi connectivity index (χ2n) is 7.89. The Morgan fingerprint density at radius 3 is 2.66 bits per heavy atom. The molecule has 0 unspecified atom stereocenters. The molecule has 164 valence electrons. The quantitative estimate of drug-likeness (QED) is 0.563. The molecule has 0 spiro atoms. The van der Waals surface area contributed by atoms with Crippen LogP contribution in [0.25, 0.3) is 5.69 Å². The first-order valence-electron chi connectivity index (χ1n) is 10.5. The van der Waals surface area contributed by atoms with Gasteiger partial charge in [-0.05, 0) is 31.9 Å². The van der Waals surface area contributed by atoms with Gasteiger partial charge in [0, 0.05) is 31.4 Å². The maximum atomic E-state index is 13.1. The third-order valence-electron chi connectivity index (χ3n) is 5.79. The summed E-state index contributed by atoms with van der Waals surface area (Å²) in [4.78, 5) is 33.4. The Morgan fingerprint density at radius 2 is 1.97 bits per heavy atom. The van der Waals surface area contributed by atoms with Crippen molar-refractivity contribution < 1.29 is 9.59 Å². The van der Waals surface area contributed by atoms with Gasteiger partial charge in [-0.3, -0.25) is 9.59 Å². The van der Waals surface area contributed by atoms with Crippen molar-refractivity contribution >= 4 is 23.2 Å². The van der Waals surface area contributed by atoms with Crippen molar-refractivity contribution in [2.45, 2.75) is 25.7 Å². The molecule has 1 aromatic carbocycles. The lowest BCUT2D eigenvalue weighted by atomic mass is 9.97. The number of rotatable bonds is 5. The minimum absolute atomic E-state index is 0.00838. The molecule has 4 rings (SSSR count). The first-order valence-corrected chi connectivity index (χ1v) is 11.4. The summed E-state index contributed by atoms with van der Waals surface area (Å²) < 4.78 is 1.80. The largest absolute Gasteiger partial charge is 0.338 e. The van der Waals surface area contributed by atoms with Gasteiger partial charge in [0.1, 0.15) is 5.69 Å². The average molecular weight is 448 g/mol. The molecule has 0 bridgehead atoms. The van der Waals surface area contributed by atoms with Crippen LogP contribution in [0.4, 0.5) is 0 Å². The van der Waals surface area contributed by atoms with Gasteiger partial charge in [-0.2, -0.15) is 5.10 Å². The van der Waals surface area contributed by atoms with Crippen LogP contribution in [0.2, 0.25) is 0 Å². The predicted molar refractivity (Wildman–Crippen MR) is 124 cm³/mol. The molecule has 7 nitrogen and oxygen atoms in total. The Bertz CT molecular complexity index is 1150. The Balaban J connectivity index is 1.39. The van der Waals surface area contributed by atoms with Crippen LogP contribution in [0.3, 0.4) is 0 Å². The van der Waals surface area contributed by atoms with E-state index in [9.17, 15) is 9.59 Å². The first-order chi connectivity index (χ1) is 15.5. The van der Waals surface area contributed by atoms with Crippen molar-refractivity contribution in [3.63, 3.8) is 0 Å². The van der Waals surface area contributed by atoms with Crippen LogP contribution >= 0.6 is 11.3 Å². The van der Waals surface area contributed by atoms with E-state index in [1.807, 2.05) is 42.2 Å². The molecule has 0 atom stereocenters. The second kappa shape index (κ2) is 9.37. The van der Waals surface area contributed by atoms with E-state index in [-0.39, 0.29) is 24.3 Å². The van der Waals surface area contributed by atoms with Crippen LogP contribution in [-0.2, 0) is 0 Å². The summed E-state index contributed by atoms with van der Waals surface area (Å²) in [6.45, 7) is 3.48. The molecule has 3 heterocycles. The second-order valence-corrected chi connectivity index (χ2v) is 8.78. The van der Waals surface area contributed by atoms with Crippen molar-refractivity contribution in [2.75, 3.05) is 26.7 Å². The number of piperidine rings is 1. The Morgan fingerprint density at radius 1 is 1.25 bits per heavy atom. The number of likely N-dealkylation sites (tertiary alicyclic amines) is 1. The summed E-state index contributed by atoms with van der Waals surface area (Å²) >= 11 is 1.50. The van der Waals surface area contributed by atoms with E-state index in [4.69, 9.17) is 6.42 Å². The fraction of sp³-hybridized carbons (Fsp3) is 0.333. The van der Waals surface area contributed by atoms with Crippen molar-refractivity contribution in [3.8, 4) is 18.0 Å². The van der Waals surface area contributed by atoms with E-state index in [1.54, 1.807) is 23.3 Å². The molecule has 1 saturated heterocycles. The topological polar surface area (TPSA) is 71.3 Å². The average Bonchev–Trinajstić information content (AvgIpc) is 3.46. The number of carbonyl (C=O) groups is 2. The summed E-state index contributed by atoms with van der Waals surface area (Å²) in [6.07, 6.45) is 8.58. The lowest BCUT2D eigenvalue weighted by Crippen LogP contribution is -2.38. The fourth-order valence-corrected chi connectivity index (χ4v) is 4.89. The SMILES string of the molecule is C#CCN(C)C(=O)c1csc(C2CCN(C(=O)c3cnn(-c4ccccc4)c3C)CC2)n1. The van der Waals surface area contributed by atoms with Gasteiger partial charge in [0.05, 0.1) is 34.7 Å². The number of hydrogen-bond donors (Lipinski definition) is 0. The molecule has 1 aliphatic rings. The molecular formula is C24H25N5O2S. The standard InChI is InChI=1S/C24H25N5O2S/c1-4-12-27(3)24(31)21-16-32-22(26-21)18-10-13-28(14-11-18)23(30)20-15-25-29(17(20)2)19-8-6-5-7-9-19/h1,5-9,15-16,18H,10-14H2,2-3H3. The highest BCUT2D eigenvalue weighted by Crippen LogP contribution is 2.31. The number of carbonyl (C=O) groups excluding carboxylic acids is 2. The van der Waals surface area contributed by atoms with Gasteiger partial charge in [0.15, 0.2) is 0 Å². The number of terminal acetylenes is 1. The van der Waals surface area contributed by atoms with Crippen molar-refractivity contribution in [3.05, 3.63) is 63.9 Å². The zero-order valence-corrected chi connectivity index (χ0v) is 19.0. The number of amides is 2. The maximum Gasteiger partial charge on any atom is 0.273 e. The lowest BCUT2D eigenvalue weighted by molar-refractivity contribution is 0.0712. The van der Waals surface area contributed by atoms with Gasteiger partial charge in [-0.25, -0.2) is 9.67 Å². The molecular weight excluding hydrogens is 422 g/mol. The molecule has 0 aliphatic carbocycles. The van der Waals surface area contributed by atoms with E-state index < -0.39 is 0 Å². The Hall–Kier alpha value is -3.44. The van der Waals surface area contributed by atoms with E-state index in [0.29, 0.717) is 24.3 Å². The van der Waals surface area contributed by atoms with Gasteiger partial charge in [-0.15, -0.1) is 17.8 Å². The normalized spacial score (nSPS) is 14.2. The molecule has 3 aromatic rings. The van der Waals surface area contributed by atoms with E-state index in [2.05, 4.69) is 16.0 Å². The molecule has 1 fully saturated rings. The maximum absolute atomic E-state index is 13.1. The summed E-state index contributed by atoms with van der Waals surface area (Å²) in [6, 6.07) is 9.80. The molecule has 0 saturated carbocycles. The minimum atomic E-state index is -0.163. The van der Waals surface area contributed by atoms with Crippen LogP contribution < -0.4 is 0 Å². The smallest absolute Gasteiger partial charge is 0.273 e. The van der Waals surface area contributed by atoms with E-state index in [0.717, 1.165) is 29.2 Å². The zero-order chi connectivity index (χ0) is 22.7. The number of thiazole rings is 1. The minimum Gasteiger partial charge on any atom is -0.338 e. The predicted octanol–water partition coefficient (Wildman–Crippen LogP) is 3.36. The summed E-state index contributed by atoms with van der Waals surface area (Å²) in [5.74, 6) is 2.56. The summed E-state index contributed by atoms with van der Waals surface area (Å²) in [5, 5.41) is 7.17. The number of para-hydroxylation sites is 1. The highest BCUT2D eigenvalue weighted by atomic mass is 32.1. The Labute approximate surface area is 191 Å². The van der Waals surface area contributed by atoms with Gasteiger partial charge in [-0.1, -0.05) is 24.1 Å². The van der Waals surface area contributed by atoms with Crippen LogP contribution in [0.15, 0.2) is 41.9 Å². The zero-order valence-electron chi connectivity index (χ0n) is 18.2. The van der Waals surface area contributed by atoms with Gasteiger partial charge in [0.2, 0.25) is 0 Å². The molecule has 8 heteroatoms. The van der Waals surface area contributed by atoms with Crippen molar-refractivity contribution in [2.24, 2.45) is 0 Å². The molecule has 32 heavy (non-hydrogen) atoms. The Kier molecular flexibility index (Phi) is 6.37. The molecule has 0 N–H and O–H groups in total. The van der Waals surface area contributed by atoms with Crippen molar-refractivity contribution in [1.82, 2.24) is 24.6 Å². The molecule has 1 aliphatic heterocycles. The summed E-state index contributed by atoms with van der Waals surface area (Å²) in [7, 11) is 1.67. The highest BCUT2D eigenvalue weighted by Gasteiger charge is 2.29. The van der Waals surface area contributed by atoms with E-state index >= 15 is 0 Å². The van der Waals surface area contributed by atoms with Crippen LogP contribution in [0, 0.1) is 19.3 Å². The van der Waals surface area contributed by atoms with Crippen molar-refractivity contribution in [1.29, 1.82) is 0 Å². The van der Waals surface area contributed by atoms with Gasteiger partial charge < -0.3 is 9.80 Å². The number of hydrogen-bond acceptors (Lipinski definition) is 5. The first kappa shape index (κ1) is 21.8. The van der Waals surface area contributed by atoms with E-state index in [1.165, 1.54) is 16.2 Å². The molecule has 2 aromatic heterocycles. The summed E-state index contributed by atoms with van der Waals surface area (Å²) in [5.41, 5.74) is 2.84. The molecule has 2 amide bonds. The van der Waals surface area contributed by atoms with Crippen LogP contribution in [-0.4, -0.2) is 63.1 Å². The molecule has 0 radical (unpaired) electrons. The number of nitrogens with zero attached hydrogens (tertiary/aromatic N) is 5. The number of aromatic nitrogens is 3. The lowest BCUT2D eigenvalue weighted by Gasteiger charge is -2.31. The number of benzene rings is 1.